The van der Waals surface area contributed by atoms with Gasteiger partial charge in [0.1, 0.15) is 30.6 Å². The van der Waals surface area contributed by atoms with E-state index < -0.39 is 53.7 Å². The molecule has 0 bridgehead atoms. The second-order valence-corrected chi connectivity index (χ2v) is 18.4. The molecule has 374 valence electrons. The summed E-state index contributed by atoms with van der Waals surface area (Å²) >= 11 is 0. The van der Waals surface area contributed by atoms with E-state index in [2.05, 4.69) is 63.2 Å². The summed E-state index contributed by atoms with van der Waals surface area (Å²) < 4.78 is 84.4. The number of nitrogens with one attached hydrogen (secondary N) is 3. The molecule has 1 aliphatic rings. The SMILES string of the molecule is Cc1cc(C#CCOCCOCCOCCOCCOCC#Cc2cn(C3C=CC(COP(=O)([O-])OP(=O)([O-])OP(=O)([O-])[O-])O3)c(=O)[nH]c2=O)cc(C)c1Oc1cc[nH+]c(Nc2ccc(C#N)cc2)n1. The molecule has 2 aromatic carbocycles. The number of ether oxygens (including phenoxy) is 7. The lowest BCUT2D eigenvalue weighted by molar-refractivity contribution is -0.364. The van der Waals surface area contributed by atoms with Crippen LogP contribution in [0, 0.1) is 48.9 Å². The molecule has 0 spiro atoms. The van der Waals surface area contributed by atoms with Crippen LogP contribution in [0.1, 0.15) is 34.0 Å². The molecule has 0 radical (unpaired) electrons. The summed E-state index contributed by atoms with van der Waals surface area (Å²) in [5, 5.41) is 12.2. The summed E-state index contributed by atoms with van der Waals surface area (Å²) in [6.07, 6.45) is 2.93. The molecule has 0 saturated heterocycles. The topological polar surface area (TPSA) is 353 Å². The van der Waals surface area contributed by atoms with Crippen LogP contribution in [0.25, 0.3) is 0 Å². The van der Waals surface area contributed by atoms with Crippen molar-refractivity contribution in [3.8, 4) is 41.4 Å². The highest BCUT2D eigenvalue weighted by atomic mass is 31.3. The molecule has 0 aliphatic carbocycles. The van der Waals surface area contributed by atoms with Crippen molar-refractivity contribution < 1.29 is 84.6 Å². The molecular weight excluding hydrogens is 985 g/mol. The number of aromatic amines is 2. The zero-order valence-electron chi connectivity index (χ0n) is 37.2. The summed E-state index contributed by atoms with van der Waals surface area (Å²) in [5.74, 6) is 12.9. The molecule has 2 aromatic heterocycles. The number of phosphoric ester groups is 1. The largest absolute Gasteiger partial charge is 0.790 e. The second kappa shape index (κ2) is 27.1. The smallest absolute Gasteiger partial charge is 0.397 e. The Balaban J connectivity index is 0.877. The molecule has 4 aromatic rings. The number of aryl methyl sites for hydroxylation is 2. The molecule has 28 heteroatoms. The molecule has 1 aliphatic heterocycles. The van der Waals surface area contributed by atoms with Gasteiger partial charge in [-0.05, 0) is 72.4 Å². The maximum atomic E-state index is 12.4. The Morgan fingerprint density at radius 2 is 1.40 bits per heavy atom. The maximum absolute atomic E-state index is 12.4. The van der Waals surface area contributed by atoms with Crippen LogP contribution in [-0.2, 0) is 55.3 Å². The minimum atomic E-state index is -6.16. The average Bonchev–Trinajstić information content (AvgIpc) is 3.76. The van der Waals surface area contributed by atoms with Gasteiger partial charge in [0.15, 0.2) is 6.23 Å². The number of phosphoric acid groups is 3. The van der Waals surface area contributed by atoms with Gasteiger partial charge in [-0.25, -0.2) is 19.4 Å². The molecular formula is C42H44N6O19P3-3. The van der Waals surface area contributed by atoms with Crippen molar-refractivity contribution in [1.82, 2.24) is 14.5 Å². The van der Waals surface area contributed by atoms with Gasteiger partial charge >= 0.3 is 17.5 Å². The van der Waals surface area contributed by atoms with E-state index in [0.717, 1.165) is 33.1 Å². The fourth-order valence-electron chi connectivity index (χ4n) is 5.79. The summed E-state index contributed by atoms with van der Waals surface area (Å²) in [6.45, 7) is 5.54. The summed E-state index contributed by atoms with van der Waals surface area (Å²) in [5.41, 5.74) is 2.06. The van der Waals surface area contributed by atoms with E-state index in [4.69, 9.17) is 38.4 Å². The predicted molar refractivity (Wildman–Crippen MR) is 234 cm³/mol. The molecule has 0 saturated carbocycles. The molecule has 0 amide bonds. The molecule has 4 unspecified atom stereocenters. The third-order valence-electron chi connectivity index (χ3n) is 8.75. The first kappa shape index (κ1) is 55.2. The van der Waals surface area contributed by atoms with Crippen LogP contribution in [0.4, 0.5) is 11.6 Å². The van der Waals surface area contributed by atoms with E-state index in [1.54, 1.807) is 36.5 Å². The highest BCUT2D eigenvalue weighted by molar-refractivity contribution is 7.64. The van der Waals surface area contributed by atoms with E-state index >= 15 is 0 Å². The number of anilines is 2. The fourth-order valence-corrected chi connectivity index (χ4v) is 8.66. The van der Waals surface area contributed by atoms with Crippen LogP contribution in [0.15, 0.2) is 76.6 Å². The predicted octanol–water partition coefficient (Wildman–Crippen LogP) is 0.525. The number of rotatable bonds is 26. The summed E-state index contributed by atoms with van der Waals surface area (Å²) in [7, 11) is -18.1. The van der Waals surface area contributed by atoms with Gasteiger partial charge in [0, 0.05) is 11.8 Å². The normalized spacial score (nSPS) is 16.0. The first-order chi connectivity index (χ1) is 33.4. The van der Waals surface area contributed by atoms with Crippen molar-refractivity contribution in [1.29, 1.82) is 5.26 Å². The van der Waals surface area contributed by atoms with Crippen molar-refractivity contribution in [3.05, 3.63) is 116 Å². The van der Waals surface area contributed by atoms with Gasteiger partial charge in [-0.2, -0.15) is 5.26 Å². The number of benzene rings is 2. The van der Waals surface area contributed by atoms with Crippen molar-refractivity contribution in [3.63, 3.8) is 0 Å². The number of nitrogens with zero attached hydrogens (tertiary/aromatic N) is 3. The quantitative estimate of drug-likeness (QED) is 0.0375. The number of hydrogen-bond acceptors (Lipinski definition) is 22. The van der Waals surface area contributed by atoms with Gasteiger partial charge in [-0.15, -0.1) is 0 Å². The van der Waals surface area contributed by atoms with Crippen LogP contribution in [0.2, 0.25) is 0 Å². The van der Waals surface area contributed by atoms with Gasteiger partial charge in [0.25, 0.3) is 21.2 Å². The Kier molecular flexibility index (Phi) is 21.4. The highest BCUT2D eigenvalue weighted by Crippen LogP contribution is 2.60. The zero-order valence-corrected chi connectivity index (χ0v) is 39.9. The Bertz CT molecular complexity index is 2860. The van der Waals surface area contributed by atoms with Crippen LogP contribution < -0.4 is 45.9 Å². The standard InChI is InChI=1S/C42H47N6O19P3/c1-30-25-33(26-31(2)39(30)65-37-13-14-44-41(46-37)45-35-9-7-32(27-43)8-10-35)5-3-15-58-17-19-60-21-23-62-24-22-61-20-18-59-16-4-6-34-28-48(42(50)47-40(34)49)38-12-11-36(64-38)29-63-69(54,55)67-70(56,57)66-68(51,52)53/h7-14,25-26,28,36,38H,15-24,29H2,1-2H3,(H,54,55)(H,56,57)(H,44,45,46)(H,47,49,50)(H2,51,52,53)/p-3. The number of nitriles is 1. The maximum Gasteiger partial charge on any atom is 0.397 e. The van der Waals surface area contributed by atoms with Gasteiger partial charge in [0.2, 0.25) is 0 Å². The van der Waals surface area contributed by atoms with Crippen molar-refractivity contribution >= 4 is 35.1 Å². The minimum Gasteiger partial charge on any atom is -0.790 e. The molecule has 70 heavy (non-hydrogen) atoms. The van der Waals surface area contributed by atoms with Crippen LogP contribution >= 0.6 is 23.5 Å². The first-order valence-corrected chi connectivity index (χ1v) is 25.0. The lowest BCUT2D eigenvalue weighted by atomic mass is 10.1. The molecule has 0 fully saturated rings. The van der Waals surface area contributed by atoms with Crippen molar-refractivity contribution in [2.45, 2.75) is 26.2 Å². The highest BCUT2D eigenvalue weighted by Gasteiger charge is 2.27. The van der Waals surface area contributed by atoms with Gasteiger partial charge in [-0.3, -0.25) is 27.8 Å². The van der Waals surface area contributed by atoms with Crippen LogP contribution in [0.5, 0.6) is 11.6 Å². The van der Waals surface area contributed by atoms with E-state index in [1.165, 1.54) is 12.2 Å². The van der Waals surface area contributed by atoms with Crippen LogP contribution in [0.3, 0.4) is 0 Å². The van der Waals surface area contributed by atoms with Crippen molar-refractivity contribution in [2.75, 3.05) is 78.0 Å². The number of H-pyrrole nitrogens is 2. The fraction of sp³-hybridized carbons (Fsp3) is 0.357. The molecule has 25 nitrogen and oxygen atoms in total. The average molecular weight is 1030 g/mol. The Labute approximate surface area is 399 Å². The third kappa shape index (κ3) is 19.6. The van der Waals surface area contributed by atoms with Crippen LogP contribution in [-0.4, -0.2) is 93.3 Å². The summed E-state index contributed by atoms with van der Waals surface area (Å²) in [6, 6.07) is 14.7. The number of hydrogen-bond donors (Lipinski definition) is 2. The third-order valence-corrected chi connectivity index (χ3v) is 12.4. The van der Waals surface area contributed by atoms with Gasteiger partial charge in [0.05, 0.1) is 96.9 Å². The Morgan fingerprint density at radius 3 is 2.00 bits per heavy atom. The van der Waals surface area contributed by atoms with E-state index in [1.807, 2.05) is 26.0 Å². The van der Waals surface area contributed by atoms with E-state index in [9.17, 15) is 42.9 Å². The number of aromatic nitrogens is 4. The lowest BCUT2D eigenvalue weighted by Crippen LogP contribution is -2.34. The Hall–Kier alpha value is -5.68. The van der Waals surface area contributed by atoms with Gasteiger partial charge < -0.3 is 61.8 Å². The monoisotopic (exact) mass is 1030 g/mol. The summed E-state index contributed by atoms with van der Waals surface area (Å²) in [4.78, 5) is 78.3. The zero-order chi connectivity index (χ0) is 50.6. The molecule has 3 heterocycles. The lowest BCUT2D eigenvalue weighted by Gasteiger charge is -2.37. The molecule has 3 N–H and O–H groups in total. The molecule has 5 rings (SSSR count). The minimum absolute atomic E-state index is 0.0914. The molecule has 4 atom stereocenters. The van der Waals surface area contributed by atoms with Gasteiger partial charge in [-0.1, -0.05) is 29.8 Å². The van der Waals surface area contributed by atoms with Crippen molar-refractivity contribution in [2.24, 2.45) is 0 Å². The van der Waals surface area contributed by atoms with E-state index in [-0.39, 0.29) is 32.0 Å². The Morgan fingerprint density at radius 1 is 0.800 bits per heavy atom. The second-order valence-electron chi connectivity index (χ2n) is 14.1. The van der Waals surface area contributed by atoms with E-state index in [0.29, 0.717) is 62.8 Å². The first-order valence-electron chi connectivity index (χ1n) is 20.6.